The van der Waals surface area contributed by atoms with Crippen LogP contribution >= 0.6 is 0 Å². The maximum Gasteiger partial charge on any atom is 0.240 e. The summed E-state index contributed by atoms with van der Waals surface area (Å²) in [6, 6.07) is 4.73. The van der Waals surface area contributed by atoms with Crippen molar-refractivity contribution in [3.63, 3.8) is 0 Å². The number of primary amides is 1. The molecule has 7 nitrogen and oxygen atoms in total. The minimum atomic E-state index is -0.448. The van der Waals surface area contributed by atoms with Crippen LogP contribution in [0.5, 0.6) is 5.88 Å². The number of amides is 1. The van der Waals surface area contributed by atoms with Crippen LogP contribution in [0.3, 0.4) is 0 Å². The Morgan fingerprint density at radius 1 is 1.45 bits per heavy atom. The topological polar surface area (TPSA) is 102 Å². The van der Waals surface area contributed by atoms with Crippen LogP contribution in [0, 0.1) is 0 Å². The van der Waals surface area contributed by atoms with Crippen LogP contribution in [0.15, 0.2) is 24.4 Å². The van der Waals surface area contributed by atoms with Crippen LogP contribution in [0.2, 0.25) is 0 Å². The molecule has 0 bridgehead atoms. The van der Waals surface area contributed by atoms with E-state index < -0.39 is 11.9 Å². The van der Waals surface area contributed by atoms with Gasteiger partial charge in [0.05, 0.1) is 31.0 Å². The van der Waals surface area contributed by atoms with E-state index in [0.29, 0.717) is 29.8 Å². The zero-order valence-electron chi connectivity index (χ0n) is 12.3. The molecule has 1 amide bonds. The Morgan fingerprint density at radius 3 is 2.95 bits per heavy atom. The van der Waals surface area contributed by atoms with Gasteiger partial charge >= 0.3 is 0 Å². The van der Waals surface area contributed by atoms with Crippen LogP contribution in [0.1, 0.15) is 12.8 Å². The molecule has 0 radical (unpaired) electrons. The van der Waals surface area contributed by atoms with Gasteiger partial charge in [0, 0.05) is 12.3 Å². The van der Waals surface area contributed by atoms with Crippen LogP contribution in [0.4, 0.5) is 5.69 Å². The fraction of sp³-hybridized carbons (Fsp3) is 0.400. The van der Waals surface area contributed by atoms with Gasteiger partial charge in [0.2, 0.25) is 11.8 Å². The molecule has 7 heteroatoms. The summed E-state index contributed by atoms with van der Waals surface area (Å²) in [6.45, 7) is -0.0441. The Morgan fingerprint density at radius 2 is 2.27 bits per heavy atom. The molecule has 1 unspecified atom stereocenters. The molecule has 116 valence electrons. The molecule has 3 N–H and O–H groups in total. The lowest BCUT2D eigenvalue weighted by Gasteiger charge is -2.30. The maximum atomic E-state index is 11.7. The summed E-state index contributed by atoms with van der Waals surface area (Å²) in [6.07, 6.45) is 2.99. The van der Waals surface area contributed by atoms with Crippen molar-refractivity contribution < 1.29 is 14.6 Å². The Kier molecular flexibility index (Phi) is 3.81. The normalized spacial score (nSPS) is 21.3. The minimum absolute atomic E-state index is 0.0441. The number of carbonyl (C=O) groups is 1. The molecule has 22 heavy (non-hydrogen) atoms. The summed E-state index contributed by atoms with van der Waals surface area (Å²) in [5.41, 5.74) is 7.59. The Bertz CT molecular complexity index is 706. The van der Waals surface area contributed by atoms with Gasteiger partial charge in [-0.05, 0) is 25.0 Å². The molecule has 3 rings (SSSR count). The molecule has 2 aromatic rings. The number of nitrogens with two attached hydrogens (primary N) is 1. The first-order chi connectivity index (χ1) is 10.7. The van der Waals surface area contributed by atoms with Gasteiger partial charge in [0.1, 0.15) is 11.6 Å². The summed E-state index contributed by atoms with van der Waals surface area (Å²) in [5.74, 6) is 0.0703. The first kappa shape index (κ1) is 14.5. The number of pyridine rings is 2. The van der Waals surface area contributed by atoms with E-state index in [9.17, 15) is 9.90 Å². The summed E-state index contributed by atoms with van der Waals surface area (Å²) in [7, 11) is 1.54. The highest BCUT2D eigenvalue weighted by atomic mass is 16.5. The molecule has 2 aromatic heterocycles. The van der Waals surface area contributed by atoms with E-state index in [0.717, 1.165) is 5.69 Å². The van der Waals surface area contributed by atoms with Crippen molar-refractivity contribution >= 4 is 22.6 Å². The van der Waals surface area contributed by atoms with Gasteiger partial charge in [0.15, 0.2) is 0 Å². The number of aromatic nitrogens is 2. The van der Waals surface area contributed by atoms with Crippen LogP contribution in [0.25, 0.3) is 11.0 Å². The van der Waals surface area contributed by atoms with Crippen molar-refractivity contribution in [2.45, 2.75) is 24.9 Å². The molecule has 0 aliphatic carbocycles. The van der Waals surface area contributed by atoms with E-state index in [2.05, 4.69) is 9.97 Å². The third-order valence-electron chi connectivity index (χ3n) is 4.07. The molecule has 2 atom stereocenters. The lowest BCUT2D eigenvalue weighted by atomic mass is 10.2. The minimum Gasteiger partial charge on any atom is -0.481 e. The fourth-order valence-corrected chi connectivity index (χ4v) is 3.02. The number of hydrogen-bond donors (Lipinski definition) is 2. The second kappa shape index (κ2) is 5.76. The quantitative estimate of drug-likeness (QED) is 0.850. The number of carbonyl (C=O) groups excluding carboxylic acids is 1. The predicted octanol–water partition coefficient (Wildman–Crippen LogP) is 0.453. The molecule has 1 aliphatic heterocycles. The van der Waals surface area contributed by atoms with E-state index in [1.54, 1.807) is 25.4 Å². The molecule has 1 aliphatic rings. The van der Waals surface area contributed by atoms with Crippen molar-refractivity contribution in [3.05, 3.63) is 24.4 Å². The lowest BCUT2D eigenvalue weighted by molar-refractivity contribution is -0.119. The molecule has 1 fully saturated rings. The van der Waals surface area contributed by atoms with Crippen molar-refractivity contribution in [2.75, 3.05) is 18.6 Å². The van der Waals surface area contributed by atoms with E-state index in [-0.39, 0.29) is 12.6 Å². The number of rotatable bonds is 4. The molecule has 0 spiro atoms. The smallest absolute Gasteiger partial charge is 0.240 e. The van der Waals surface area contributed by atoms with Crippen LogP contribution < -0.4 is 15.4 Å². The number of nitrogens with zero attached hydrogens (tertiary/aromatic N) is 3. The van der Waals surface area contributed by atoms with Gasteiger partial charge in [-0.3, -0.25) is 9.78 Å². The average Bonchev–Trinajstić information content (AvgIpc) is 2.97. The third kappa shape index (κ3) is 2.33. The molecule has 1 saturated heterocycles. The first-order valence-electron chi connectivity index (χ1n) is 7.14. The number of ether oxygens (including phenoxy) is 1. The average molecular weight is 302 g/mol. The van der Waals surface area contributed by atoms with Gasteiger partial charge in [-0.2, -0.15) is 0 Å². The Hall–Kier alpha value is -2.41. The Balaban J connectivity index is 2.16. The number of anilines is 1. The number of hydrogen-bond acceptors (Lipinski definition) is 6. The van der Waals surface area contributed by atoms with E-state index in [4.69, 9.17) is 10.5 Å². The monoisotopic (exact) mass is 302 g/mol. The van der Waals surface area contributed by atoms with Crippen LogP contribution in [-0.4, -0.2) is 46.8 Å². The fourth-order valence-electron chi connectivity index (χ4n) is 3.02. The molecule has 3 heterocycles. The zero-order valence-corrected chi connectivity index (χ0v) is 12.3. The molecular weight excluding hydrogens is 284 g/mol. The highest BCUT2D eigenvalue weighted by Crippen LogP contribution is 2.34. The van der Waals surface area contributed by atoms with Crippen molar-refractivity contribution in [2.24, 2.45) is 5.73 Å². The second-order valence-electron chi connectivity index (χ2n) is 5.29. The van der Waals surface area contributed by atoms with Gasteiger partial charge < -0.3 is 20.5 Å². The van der Waals surface area contributed by atoms with E-state index in [1.165, 1.54) is 0 Å². The first-order valence-corrected chi connectivity index (χ1v) is 7.14. The summed E-state index contributed by atoms with van der Waals surface area (Å²) >= 11 is 0. The van der Waals surface area contributed by atoms with Crippen LogP contribution in [-0.2, 0) is 4.79 Å². The highest BCUT2D eigenvalue weighted by molar-refractivity contribution is 5.92. The summed E-state index contributed by atoms with van der Waals surface area (Å²) < 4.78 is 5.17. The third-order valence-corrected chi connectivity index (χ3v) is 4.07. The van der Waals surface area contributed by atoms with Gasteiger partial charge in [-0.15, -0.1) is 0 Å². The van der Waals surface area contributed by atoms with Crippen molar-refractivity contribution in [1.82, 2.24) is 9.97 Å². The maximum absolute atomic E-state index is 11.7. The van der Waals surface area contributed by atoms with Gasteiger partial charge in [0.25, 0.3) is 0 Å². The van der Waals surface area contributed by atoms with E-state index >= 15 is 0 Å². The summed E-state index contributed by atoms with van der Waals surface area (Å²) in [4.78, 5) is 22.3. The number of fused-ring (bicyclic) bond motifs is 1. The second-order valence-corrected chi connectivity index (χ2v) is 5.29. The zero-order chi connectivity index (χ0) is 15.7. The molecular formula is C15H18N4O3. The van der Waals surface area contributed by atoms with E-state index in [1.807, 2.05) is 11.0 Å². The molecule has 0 aromatic carbocycles. The number of aliphatic hydroxyl groups is 1. The predicted molar refractivity (Wildman–Crippen MR) is 81.7 cm³/mol. The number of methoxy groups -OCH3 is 1. The largest absolute Gasteiger partial charge is 0.481 e. The standard InChI is InChI=1S/C15H18N4O3/c1-22-13-5-3-10-14(18-13)11(6-7-17-10)19-9(8-20)2-4-12(19)15(16)21/h3,5-7,9,12,20H,2,4,8H2,1H3,(H2,16,21)/t9-,12?/m0/s1. The van der Waals surface area contributed by atoms with Crippen molar-refractivity contribution in [1.29, 1.82) is 0 Å². The number of aliphatic hydroxyl groups excluding tert-OH is 1. The van der Waals surface area contributed by atoms with Gasteiger partial charge in [-0.25, -0.2) is 4.98 Å². The van der Waals surface area contributed by atoms with Gasteiger partial charge in [-0.1, -0.05) is 0 Å². The highest BCUT2D eigenvalue weighted by Gasteiger charge is 2.37. The van der Waals surface area contributed by atoms with Crippen molar-refractivity contribution in [3.8, 4) is 5.88 Å². The summed E-state index contributed by atoms with van der Waals surface area (Å²) in [5, 5.41) is 9.62. The Labute approximate surface area is 127 Å². The SMILES string of the molecule is COc1ccc2nccc(N3C(C(N)=O)CC[C@H]3CO)c2n1. The molecule has 0 saturated carbocycles. The lowest BCUT2D eigenvalue weighted by Crippen LogP contribution is -2.45.